The highest BCUT2D eigenvalue weighted by Gasteiger charge is 2.36. The van der Waals surface area contributed by atoms with E-state index in [1.807, 2.05) is 0 Å². The van der Waals surface area contributed by atoms with E-state index in [0.29, 0.717) is 17.9 Å². The van der Waals surface area contributed by atoms with E-state index in [2.05, 4.69) is 13.8 Å². The van der Waals surface area contributed by atoms with Gasteiger partial charge < -0.3 is 9.47 Å². The van der Waals surface area contributed by atoms with Gasteiger partial charge in [-0.25, -0.2) is 4.79 Å². The second-order valence-corrected chi connectivity index (χ2v) is 5.22. The molecular weight excluding hydrogens is 180 g/mol. The van der Waals surface area contributed by atoms with E-state index in [4.69, 9.17) is 9.47 Å². The lowest BCUT2D eigenvalue weighted by Gasteiger charge is -2.35. The maximum Gasteiger partial charge on any atom is 0.508 e. The standard InChI is InChI=1S/C11H18O3/c1-11(2)5-3-8(4-6-11)9-7-13-10(12)14-9/h8-9H,3-7H2,1-2H3. The van der Waals surface area contributed by atoms with Gasteiger partial charge in [-0.15, -0.1) is 0 Å². The van der Waals surface area contributed by atoms with E-state index in [1.54, 1.807) is 0 Å². The first-order valence-electron chi connectivity index (χ1n) is 5.40. The van der Waals surface area contributed by atoms with Gasteiger partial charge in [0.05, 0.1) is 0 Å². The van der Waals surface area contributed by atoms with Crippen LogP contribution in [0.2, 0.25) is 0 Å². The minimum atomic E-state index is -0.486. The van der Waals surface area contributed by atoms with Gasteiger partial charge in [-0.1, -0.05) is 13.8 Å². The van der Waals surface area contributed by atoms with Gasteiger partial charge in [-0.05, 0) is 37.0 Å². The van der Waals surface area contributed by atoms with Crippen LogP contribution >= 0.6 is 0 Å². The Morgan fingerprint density at radius 2 is 1.93 bits per heavy atom. The van der Waals surface area contributed by atoms with Crippen LogP contribution in [-0.4, -0.2) is 18.9 Å². The molecule has 0 radical (unpaired) electrons. The molecule has 14 heavy (non-hydrogen) atoms. The molecule has 1 saturated carbocycles. The molecule has 2 fully saturated rings. The summed E-state index contributed by atoms with van der Waals surface area (Å²) in [5.74, 6) is 0.523. The molecule has 0 N–H and O–H groups in total. The monoisotopic (exact) mass is 198 g/mol. The summed E-state index contributed by atoms with van der Waals surface area (Å²) in [4.78, 5) is 10.8. The highest BCUT2D eigenvalue weighted by atomic mass is 16.8. The van der Waals surface area contributed by atoms with Gasteiger partial charge in [0.2, 0.25) is 0 Å². The minimum Gasteiger partial charge on any atom is -0.430 e. The Hall–Kier alpha value is -0.730. The molecule has 1 aliphatic carbocycles. The molecule has 3 nitrogen and oxygen atoms in total. The molecule has 0 aromatic rings. The number of hydrogen-bond acceptors (Lipinski definition) is 3. The lowest BCUT2D eigenvalue weighted by Crippen LogP contribution is -2.30. The Labute approximate surface area is 84.8 Å². The van der Waals surface area contributed by atoms with Crippen molar-refractivity contribution < 1.29 is 14.3 Å². The number of cyclic esters (lactones) is 2. The molecule has 80 valence electrons. The van der Waals surface area contributed by atoms with Crippen molar-refractivity contribution in [2.75, 3.05) is 6.61 Å². The molecule has 0 spiro atoms. The quantitative estimate of drug-likeness (QED) is 0.608. The fraction of sp³-hybridized carbons (Fsp3) is 0.909. The Balaban J connectivity index is 1.86. The predicted octanol–water partition coefficient (Wildman–Crippen LogP) is 2.74. The molecule has 2 rings (SSSR count). The summed E-state index contributed by atoms with van der Waals surface area (Å²) < 4.78 is 9.92. The van der Waals surface area contributed by atoms with Crippen molar-refractivity contribution in [3.8, 4) is 0 Å². The zero-order valence-corrected chi connectivity index (χ0v) is 8.91. The topological polar surface area (TPSA) is 35.5 Å². The fourth-order valence-electron chi connectivity index (χ4n) is 2.37. The molecule has 1 saturated heterocycles. The highest BCUT2D eigenvalue weighted by molar-refractivity contribution is 5.61. The lowest BCUT2D eigenvalue weighted by molar-refractivity contribution is 0.0656. The van der Waals surface area contributed by atoms with Crippen molar-refractivity contribution >= 4 is 6.16 Å². The Bertz CT molecular complexity index is 225. The number of carbonyl (C=O) groups is 1. The molecule has 0 bridgehead atoms. The van der Waals surface area contributed by atoms with Gasteiger partial charge in [0.25, 0.3) is 0 Å². The minimum absolute atomic E-state index is 0.0265. The fourth-order valence-corrected chi connectivity index (χ4v) is 2.37. The molecule has 3 heteroatoms. The van der Waals surface area contributed by atoms with E-state index in [9.17, 15) is 4.79 Å². The van der Waals surface area contributed by atoms with Crippen molar-refractivity contribution in [3.05, 3.63) is 0 Å². The molecule has 1 unspecified atom stereocenters. The third-order valence-electron chi connectivity index (χ3n) is 3.52. The molecule has 0 aromatic heterocycles. The number of hydrogen-bond donors (Lipinski definition) is 0. The summed E-state index contributed by atoms with van der Waals surface area (Å²) in [5.41, 5.74) is 0.472. The van der Waals surface area contributed by atoms with Gasteiger partial charge in [0.15, 0.2) is 0 Å². The predicted molar refractivity (Wildman–Crippen MR) is 52.0 cm³/mol. The zero-order valence-electron chi connectivity index (χ0n) is 8.91. The molecule has 1 aliphatic heterocycles. The number of rotatable bonds is 1. The summed E-state index contributed by atoms with van der Waals surface area (Å²) in [7, 11) is 0. The second kappa shape index (κ2) is 3.44. The molecule has 2 aliphatic rings. The zero-order chi connectivity index (χ0) is 10.2. The van der Waals surface area contributed by atoms with Gasteiger partial charge >= 0.3 is 6.16 Å². The SMILES string of the molecule is CC1(C)CCC(C2COC(=O)O2)CC1. The molecule has 1 atom stereocenters. The Kier molecular flexibility index (Phi) is 2.41. The van der Waals surface area contributed by atoms with E-state index < -0.39 is 6.16 Å². The number of carbonyl (C=O) groups excluding carboxylic acids is 1. The van der Waals surface area contributed by atoms with Crippen LogP contribution in [-0.2, 0) is 9.47 Å². The van der Waals surface area contributed by atoms with Crippen LogP contribution in [0, 0.1) is 11.3 Å². The van der Waals surface area contributed by atoms with E-state index in [-0.39, 0.29) is 6.10 Å². The highest BCUT2D eigenvalue weighted by Crippen LogP contribution is 2.40. The average molecular weight is 198 g/mol. The third kappa shape index (κ3) is 2.02. The maximum absolute atomic E-state index is 10.8. The Morgan fingerprint density at radius 3 is 2.43 bits per heavy atom. The van der Waals surface area contributed by atoms with Crippen LogP contribution in [0.3, 0.4) is 0 Å². The Morgan fingerprint density at radius 1 is 1.29 bits per heavy atom. The maximum atomic E-state index is 10.8. The van der Waals surface area contributed by atoms with Crippen LogP contribution in [0.5, 0.6) is 0 Å². The van der Waals surface area contributed by atoms with E-state index in [1.165, 1.54) is 12.8 Å². The summed E-state index contributed by atoms with van der Waals surface area (Å²) in [6, 6.07) is 0. The molecule has 0 aromatic carbocycles. The van der Waals surface area contributed by atoms with Crippen molar-refractivity contribution in [3.63, 3.8) is 0 Å². The van der Waals surface area contributed by atoms with Crippen molar-refractivity contribution in [1.82, 2.24) is 0 Å². The summed E-state index contributed by atoms with van der Waals surface area (Å²) >= 11 is 0. The van der Waals surface area contributed by atoms with Gasteiger partial charge in [-0.3, -0.25) is 0 Å². The second-order valence-electron chi connectivity index (χ2n) is 5.22. The summed E-state index contributed by atoms with van der Waals surface area (Å²) in [5, 5.41) is 0. The first kappa shape index (κ1) is 9.81. The van der Waals surface area contributed by atoms with Crippen LogP contribution in [0.25, 0.3) is 0 Å². The van der Waals surface area contributed by atoms with Crippen molar-refractivity contribution in [1.29, 1.82) is 0 Å². The normalized spacial score (nSPS) is 32.4. The lowest BCUT2D eigenvalue weighted by atomic mass is 9.72. The van der Waals surface area contributed by atoms with Crippen LogP contribution in [0.15, 0.2) is 0 Å². The van der Waals surface area contributed by atoms with Crippen molar-refractivity contribution in [2.24, 2.45) is 11.3 Å². The van der Waals surface area contributed by atoms with Crippen LogP contribution < -0.4 is 0 Å². The van der Waals surface area contributed by atoms with E-state index >= 15 is 0 Å². The van der Waals surface area contributed by atoms with Crippen LogP contribution in [0.4, 0.5) is 4.79 Å². The summed E-state index contributed by atoms with van der Waals surface area (Å²) in [6.45, 7) is 5.07. The van der Waals surface area contributed by atoms with Gasteiger partial charge in [0, 0.05) is 0 Å². The average Bonchev–Trinajstić information content (AvgIpc) is 2.52. The number of ether oxygens (including phenoxy) is 2. The smallest absolute Gasteiger partial charge is 0.430 e. The molecule has 0 amide bonds. The van der Waals surface area contributed by atoms with Gasteiger partial charge in [-0.2, -0.15) is 0 Å². The summed E-state index contributed by atoms with van der Waals surface area (Å²) in [6.07, 6.45) is 4.32. The first-order valence-corrected chi connectivity index (χ1v) is 5.40. The molecule has 1 heterocycles. The van der Waals surface area contributed by atoms with E-state index in [0.717, 1.165) is 12.8 Å². The van der Waals surface area contributed by atoms with Gasteiger partial charge in [0.1, 0.15) is 12.7 Å². The van der Waals surface area contributed by atoms with Crippen molar-refractivity contribution in [2.45, 2.75) is 45.6 Å². The first-order chi connectivity index (χ1) is 6.57. The van der Waals surface area contributed by atoms with Crippen LogP contribution in [0.1, 0.15) is 39.5 Å². The third-order valence-corrected chi connectivity index (χ3v) is 3.52. The largest absolute Gasteiger partial charge is 0.508 e. The molecular formula is C11H18O3.